The lowest BCUT2D eigenvalue weighted by molar-refractivity contribution is 0.813. The number of anilines is 1. The first-order valence-electron chi connectivity index (χ1n) is 4.68. The summed E-state index contributed by atoms with van der Waals surface area (Å²) in [6.07, 6.45) is 3.33. The Morgan fingerprint density at radius 1 is 1.47 bits per heavy atom. The van der Waals surface area contributed by atoms with Crippen LogP contribution in [0.4, 0.5) is 5.69 Å². The molecule has 0 saturated heterocycles. The second-order valence-corrected chi connectivity index (χ2v) is 3.32. The predicted octanol–water partition coefficient (Wildman–Crippen LogP) is 0.617. The van der Waals surface area contributed by atoms with Crippen LogP contribution in [0, 0.1) is 6.92 Å². The molecule has 0 aliphatic carbocycles. The van der Waals surface area contributed by atoms with Gasteiger partial charge in [-0.15, -0.1) is 0 Å². The lowest BCUT2D eigenvalue weighted by Crippen LogP contribution is -2.04. The Morgan fingerprint density at radius 3 is 2.87 bits per heavy atom. The van der Waals surface area contributed by atoms with Crippen LogP contribution in [-0.4, -0.2) is 14.8 Å². The minimum absolute atomic E-state index is 0.491. The average molecular weight is 203 g/mol. The lowest BCUT2D eigenvalue weighted by Gasteiger charge is -2.04. The smallest absolute Gasteiger partial charge is 0.153 e. The van der Waals surface area contributed by atoms with Crippen molar-refractivity contribution >= 4 is 5.69 Å². The van der Waals surface area contributed by atoms with Gasteiger partial charge in [0.25, 0.3) is 0 Å². The van der Waals surface area contributed by atoms with Crippen LogP contribution in [0.25, 0.3) is 5.82 Å². The van der Waals surface area contributed by atoms with E-state index in [1.807, 2.05) is 19.1 Å². The summed E-state index contributed by atoms with van der Waals surface area (Å²) in [5.41, 5.74) is 13.8. The zero-order chi connectivity index (χ0) is 10.8. The molecule has 15 heavy (non-hydrogen) atoms. The van der Waals surface area contributed by atoms with Gasteiger partial charge in [-0.1, -0.05) is 0 Å². The Morgan fingerprint density at radius 2 is 2.27 bits per heavy atom. The third-order valence-corrected chi connectivity index (χ3v) is 2.31. The molecule has 0 atom stereocenters. The Balaban J connectivity index is 2.49. The molecule has 0 aromatic carbocycles. The summed E-state index contributed by atoms with van der Waals surface area (Å²) >= 11 is 0. The minimum atomic E-state index is 0.491. The van der Waals surface area contributed by atoms with E-state index < -0.39 is 0 Å². The first kappa shape index (κ1) is 9.67. The third kappa shape index (κ3) is 1.69. The van der Waals surface area contributed by atoms with Crippen LogP contribution in [0.1, 0.15) is 11.3 Å². The molecule has 0 spiro atoms. The minimum Gasteiger partial charge on any atom is -0.396 e. The molecule has 2 rings (SSSR count). The van der Waals surface area contributed by atoms with E-state index in [9.17, 15) is 0 Å². The van der Waals surface area contributed by atoms with E-state index in [1.54, 1.807) is 17.1 Å². The maximum atomic E-state index is 5.71. The van der Waals surface area contributed by atoms with E-state index in [-0.39, 0.29) is 0 Å². The highest BCUT2D eigenvalue weighted by Gasteiger charge is 2.06. The van der Waals surface area contributed by atoms with Crippen LogP contribution in [0.3, 0.4) is 0 Å². The van der Waals surface area contributed by atoms with Crippen LogP contribution >= 0.6 is 0 Å². The first-order valence-corrected chi connectivity index (χ1v) is 4.68. The van der Waals surface area contributed by atoms with Crippen molar-refractivity contribution in [3.8, 4) is 5.82 Å². The monoisotopic (exact) mass is 203 g/mol. The highest BCUT2D eigenvalue weighted by molar-refractivity contribution is 5.43. The second kappa shape index (κ2) is 3.70. The molecular formula is C10H13N5. The number of aromatic nitrogens is 3. The molecule has 2 aromatic rings. The van der Waals surface area contributed by atoms with Crippen molar-refractivity contribution in [3.05, 3.63) is 35.8 Å². The predicted molar refractivity (Wildman–Crippen MR) is 58.4 cm³/mol. The zero-order valence-electron chi connectivity index (χ0n) is 8.51. The van der Waals surface area contributed by atoms with E-state index in [0.29, 0.717) is 12.2 Å². The summed E-state index contributed by atoms with van der Waals surface area (Å²) in [5.74, 6) is 0.743. The number of rotatable bonds is 2. The molecule has 0 amide bonds. The van der Waals surface area contributed by atoms with E-state index in [2.05, 4.69) is 10.1 Å². The quantitative estimate of drug-likeness (QED) is 0.749. The van der Waals surface area contributed by atoms with Gasteiger partial charge < -0.3 is 11.5 Å². The van der Waals surface area contributed by atoms with Crippen molar-refractivity contribution < 1.29 is 0 Å². The van der Waals surface area contributed by atoms with Gasteiger partial charge in [0, 0.05) is 12.7 Å². The third-order valence-electron chi connectivity index (χ3n) is 2.31. The number of nitrogen functional groups attached to an aromatic ring is 1. The average Bonchev–Trinajstić information content (AvgIpc) is 2.60. The molecule has 0 radical (unpaired) electrons. The molecule has 0 saturated carbocycles. The largest absolute Gasteiger partial charge is 0.396 e. The summed E-state index contributed by atoms with van der Waals surface area (Å²) in [7, 11) is 0. The molecule has 0 bridgehead atoms. The van der Waals surface area contributed by atoms with Crippen LogP contribution in [0.15, 0.2) is 24.5 Å². The first-order chi connectivity index (χ1) is 7.22. The Kier molecular flexibility index (Phi) is 2.39. The van der Waals surface area contributed by atoms with Crippen molar-refractivity contribution in [2.24, 2.45) is 5.73 Å². The second-order valence-electron chi connectivity index (χ2n) is 3.32. The fourth-order valence-corrected chi connectivity index (χ4v) is 1.36. The van der Waals surface area contributed by atoms with E-state index in [0.717, 1.165) is 17.1 Å². The maximum absolute atomic E-state index is 5.71. The number of nitrogens with two attached hydrogens (primary N) is 2. The van der Waals surface area contributed by atoms with Crippen molar-refractivity contribution in [1.29, 1.82) is 0 Å². The molecular weight excluding hydrogens is 190 g/mol. The molecule has 78 valence electrons. The number of pyridine rings is 1. The number of hydrogen-bond acceptors (Lipinski definition) is 4. The van der Waals surface area contributed by atoms with Crippen molar-refractivity contribution in [2.75, 3.05) is 5.73 Å². The van der Waals surface area contributed by atoms with Gasteiger partial charge in [0.05, 0.1) is 17.6 Å². The SMILES string of the molecule is Cc1c(N)cnn1-c1cc(CN)ccn1. The van der Waals surface area contributed by atoms with Gasteiger partial charge >= 0.3 is 0 Å². The van der Waals surface area contributed by atoms with Gasteiger partial charge in [-0.3, -0.25) is 0 Å². The molecule has 2 heterocycles. The van der Waals surface area contributed by atoms with Crippen molar-refractivity contribution in [3.63, 3.8) is 0 Å². The number of nitrogens with zero attached hydrogens (tertiary/aromatic N) is 3. The van der Waals surface area contributed by atoms with Crippen LogP contribution in [-0.2, 0) is 6.54 Å². The summed E-state index contributed by atoms with van der Waals surface area (Å²) in [6, 6.07) is 3.78. The van der Waals surface area contributed by atoms with Gasteiger partial charge in [0.15, 0.2) is 5.82 Å². The van der Waals surface area contributed by atoms with Gasteiger partial charge in [0.1, 0.15) is 0 Å². The van der Waals surface area contributed by atoms with Gasteiger partial charge in [-0.05, 0) is 24.6 Å². The lowest BCUT2D eigenvalue weighted by atomic mass is 10.2. The highest BCUT2D eigenvalue weighted by atomic mass is 15.3. The van der Waals surface area contributed by atoms with Crippen LogP contribution < -0.4 is 11.5 Å². The standard InChI is InChI=1S/C10H13N5/c1-7-9(12)6-14-15(7)10-4-8(5-11)2-3-13-10/h2-4,6H,5,11-12H2,1H3. The normalized spacial score (nSPS) is 10.5. The molecule has 0 aliphatic rings. The fraction of sp³-hybridized carbons (Fsp3) is 0.200. The van der Waals surface area contributed by atoms with Gasteiger partial charge in [-0.25, -0.2) is 9.67 Å². The van der Waals surface area contributed by atoms with Crippen LogP contribution in [0.2, 0.25) is 0 Å². The Labute approximate surface area is 87.7 Å². The fourth-order valence-electron chi connectivity index (χ4n) is 1.36. The molecule has 0 unspecified atom stereocenters. The van der Waals surface area contributed by atoms with E-state index in [4.69, 9.17) is 11.5 Å². The van der Waals surface area contributed by atoms with Crippen LogP contribution in [0.5, 0.6) is 0 Å². The highest BCUT2D eigenvalue weighted by Crippen LogP contribution is 2.14. The number of hydrogen-bond donors (Lipinski definition) is 2. The Hall–Kier alpha value is -1.88. The zero-order valence-corrected chi connectivity index (χ0v) is 8.51. The van der Waals surface area contributed by atoms with Crippen molar-refractivity contribution in [2.45, 2.75) is 13.5 Å². The molecule has 0 fully saturated rings. The molecule has 5 nitrogen and oxygen atoms in total. The van der Waals surface area contributed by atoms with Gasteiger partial charge in [0.2, 0.25) is 0 Å². The van der Waals surface area contributed by atoms with Crippen molar-refractivity contribution in [1.82, 2.24) is 14.8 Å². The molecule has 2 aromatic heterocycles. The summed E-state index contributed by atoms with van der Waals surface area (Å²) in [4.78, 5) is 4.22. The Bertz CT molecular complexity index is 474. The van der Waals surface area contributed by atoms with Gasteiger partial charge in [-0.2, -0.15) is 5.10 Å². The molecule has 4 N–H and O–H groups in total. The maximum Gasteiger partial charge on any atom is 0.153 e. The summed E-state index contributed by atoms with van der Waals surface area (Å²) in [6.45, 7) is 2.39. The molecule has 5 heteroatoms. The molecule has 0 aliphatic heterocycles. The topological polar surface area (TPSA) is 82.8 Å². The van der Waals surface area contributed by atoms with E-state index in [1.165, 1.54) is 0 Å². The summed E-state index contributed by atoms with van der Waals surface area (Å²) < 4.78 is 1.70. The van der Waals surface area contributed by atoms with E-state index >= 15 is 0 Å². The summed E-state index contributed by atoms with van der Waals surface area (Å²) in [5, 5.41) is 4.15.